The van der Waals surface area contributed by atoms with E-state index in [1.807, 2.05) is 0 Å². The van der Waals surface area contributed by atoms with Gasteiger partial charge in [-0.25, -0.2) is 0 Å². The van der Waals surface area contributed by atoms with E-state index in [0.717, 1.165) is 45.0 Å². The zero-order chi connectivity index (χ0) is 17.8. The van der Waals surface area contributed by atoms with E-state index in [-0.39, 0.29) is 0 Å². The normalized spacial score (nSPS) is 16.0. The Bertz CT molecular complexity index is 854. The number of ether oxygens (including phenoxy) is 1. The second-order valence-corrected chi connectivity index (χ2v) is 7.01. The van der Waals surface area contributed by atoms with Gasteiger partial charge in [-0.15, -0.1) is 0 Å². The molecule has 0 unspecified atom stereocenters. The van der Waals surface area contributed by atoms with E-state index in [1.165, 1.54) is 21.9 Å². The fourth-order valence-electron chi connectivity index (χ4n) is 3.84. The van der Waals surface area contributed by atoms with Gasteiger partial charge in [-0.2, -0.15) is 0 Å². The van der Waals surface area contributed by atoms with Crippen LogP contribution in [0.15, 0.2) is 66.7 Å². The number of benzene rings is 3. The third-order valence-electron chi connectivity index (χ3n) is 5.30. The first kappa shape index (κ1) is 17.1. The van der Waals surface area contributed by atoms with Gasteiger partial charge in [0.1, 0.15) is 5.75 Å². The smallest absolute Gasteiger partial charge is 0.126 e. The monoisotopic (exact) mass is 346 g/mol. The quantitative estimate of drug-likeness (QED) is 0.690. The van der Waals surface area contributed by atoms with Crippen LogP contribution in [-0.2, 0) is 13.1 Å². The highest BCUT2D eigenvalue weighted by Crippen LogP contribution is 2.29. The molecule has 1 heterocycles. The standard InChI is InChI=1S/C23H26N2O/c1-26-23-12-11-20(21-9-5-6-10-22(21)23)18-25-15-13-24(14-16-25)17-19-7-3-2-4-8-19/h2-12H,13-18H2,1H3. The molecule has 1 aliphatic heterocycles. The summed E-state index contributed by atoms with van der Waals surface area (Å²) in [5.41, 5.74) is 2.79. The van der Waals surface area contributed by atoms with E-state index in [1.54, 1.807) is 7.11 Å². The topological polar surface area (TPSA) is 15.7 Å². The first-order chi connectivity index (χ1) is 12.8. The summed E-state index contributed by atoms with van der Waals surface area (Å²) >= 11 is 0. The Morgan fingerprint density at radius 3 is 2.00 bits per heavy atom. The SMILES string of the molecule is COc1ccc(CN2CCN(Cc3ccccc3)CC2)c2ccccc12. The van der Waals surface area contributed by atoms with Crippen molar-refractivity contribution in [1.82, 2.24) is 9.80 Å². The van der Waals surface area contributed by atoms with E-state index < -0.39 is 0 Å². The molecule has 0 aliphatic carbocycles. The molecule has 4 rings (SSSR count). The average Bonchev–Trinajstić information content (AvgIpc) is 2.70. The summed E-state index contributed by atoms with van der Waals surface area (Å²) in [7, 11) is 1.74. The van der Waals surface area contributed by atoms with Crippen molar-refractivity contribution in [3.05, 3.63) is 77.9 Å². The molecule has 134 valence electrons. The van der Waals surface area contributed by atoms with Crippen LogP contribution in [0.25, 0.3) is 10.8 Å². The molecule has 1 fully saturated rings. The molecule has 0 aromatic heterocycles. The van der Waals surface area contributed by atoms with Gasteiger partial charge in [0.25, 0.3) is 0 Å². The van der Waals surface area contributed by atoms with Gasteiger partial charge in [0, 0.05) is 44.7 Å². The predicted molar refractivity (Wildman–Crippen MR) is 107 cm³/mol. The Kier molecular flexibility index (Phi) is 5.19. The molecular formula is C23H26N2O. The van der Waals surface area contributed by atoms with Crippen LogP contribution in [0.3, 0.4) is 0 Å². The molecule has 0 saturated carbocycles. The fraction of sp³-hybridized carbons (Fsp3) is 0.304. The molecule has 0 amide bonds. The largest absolute Gasteiger partial charge is 0.496 e. The van der Waals surface area contributed by atoms with Crippen LogP contribution >= 0.6 is 0 Å². The molecule has 1 aliphatic rings. The van der Waals surface area contributed by atoms with Gasteiger partial charge in [0.15, 0.2) is 0 Å². The van der Waals surface area contributed by atoms with E-state index in [2.05, 4.69) is 76.5 Å². The first-order valence-electron chi connectivity index (χ1n) is 9.37. The highest BCUT2D eigenvalue weighted by molar-refractivity contribution is 5.91. The molecule has 3 heteroatoms. The lowest BCUT2D eigenvalue weighted by Gasteiger charge is -2.35. The maximum atomic E-state index is 5.52. The number of hydrogen-bond donors (Lipinski definition) is 0. The van der Waals surface area contributed by atoms with Gasteiger partial charge in [0.2, 0.25) is 0 Å². The zero-order valence-electron chi connectivity index (χ0n) is 15.4. The van der Waals surface area contributed by atoms with E-state index in [9.17, 15) is 0 Å². The van der Waals surface area contributed by atoms with Gasteiger partial charge in [-0.3, -0.25) is 9.80 Å². The maximum absolute atomic E-state index is 5.52. The van der Waals surface area contributed by atoms with Crippen LogP contribution in [0.2, 0.25) is 0 Å². The second-order valence-electron chi connectivity index (χ2n) is 7.01. The van der Waals surface area contributed by atoms with E-state index >= 15 is 0 Å². The van der Waals surface area contributed by atoms with Crippen molar-refractivity contribution in [2.75, 3.05) is 33.3 Å². The third kappa shape index (κ3) is 3.74. The van der Waals surface area contributed by atoms with Crippen LogP contribution in [0.4, 0.5) is 0 Å². The van der Waals surface area contributed by atoms with Crippen molar-refractivity contribution in [2.24, 2.45) is 0 Å². The average molecular weight is 346 g/mol. The molecule has 3 aromatic rings. The molecule has 26 heavy (non-hydrogen) atoms. The summed E-state index contributed by atoms with van der Waals surface area (Å²) < 4.78 is 5.52. The molecule has 3 aromatic carbocycles. The number of nitrogens with zero attached hydrogens (tertiary/aromatic N) is 2. The molecule has 0 N–H and O–H groups in total. The molecule has 3 nitrogen and oxygen atoms in total. The Morgan fingerprint density at radius 2 is 1.31 bits per heavy atom. The Balaban J connectivity index is 1.41. The minimum Gasteiger partial charge on any atom is -0.496 e. The summed E-state index contributed by atoms with van der Waals surface area (Å²) in [5.74, 6) is 0.956. The minimum absolute atomic E-state index is 0.956. The number of methoxy groups -OCH3 is 1. The van der Waals surface area contributed by atoms with Crippen molar-refractivity contribution in [3.63, 3.8) is 0 Å². The van der Waals surface area contributed by atoms with Crippen molar-refractivity contribution in [2.45, 2.75) is 13.1 Å². The van der Waals surface area contributed by atoms with Crippen LogP contribution in [0.5, 0.6) is 5.75 Å². The summed E-state index contributed by atoms with van der Waals surface area (Å²) in [6.07, 6.45) is 0. The van der Waals surface area contributed by atoms with Crippen LogP contribution < -0.4 is 4.74 Å². The van der Waals surface area contributed by atoms with Crippen molar-refractivity contribution < 1.29 is 4.74 Å². The van der Waals surface area contributed by atoms with Crippen molar-refractivity contribution >= 4 is 10.8 Å². The predicted octanol–water partition coefficient (Wildman–Crippen LogP) is 4.17. The van der Waals surface area contributed by atoms with Crippen molar-refractivity contribution in [3.8, 4) is 5.75 Å². The third-order valence-corrected chi connectivity index (χ3v) is 5.30. The van der Waals surface area contributed by atoms with Crippen LogP contribution in [-0.4, -0.2) is 43.1 Å². The second kappa shape index (κ2) is 7.90. The number of hydrogen-bond acceptors (Lipinski definition) is 3. The number of fused-ring (bicyclic) bond motifs is 1. The molecule has 0 bridgehead atoms. The van der Waals surface area contributed by atoms with Crippen LogP contribution in [0.1, 0.15) is 11.1 Å². The highest BCUT2D eigenvalue weighted by atomic mass is 16.5. The summed E-state index contributed by atoms with van der Waals surface area (Å²) in [6.45, 7) is 6.55. The molecule has 1 saturated heterocycles. The molecular weight excluding hydrogens is 320 g/mol. The van der Waals surface area contributed by atoms with Gasteiger partial charge in [-0.1, -0.05) is 60.7 Å². The first-order valence-corrected chi connectivity index (χ1v) is 9.37. The Morgan fingerprint density at radius 1 is 0.692 bits per heavy atom. The number of rotatable bonds is 5. The van der Waals surface area contributed by atoms with Crippen molar-refractivity contribution in [1.29, 1.82) is 0 Å². The Hall–Kier alpha value is -2.36. The van der Waals surface area contributed by atoms with Gasteiger partial charge in [0.05, 0.1) is 7.11 Å². The fourth-order valence-corrected chi connectivity index (χ4v) is 3.84. The lowest BCUT2D eigenvalue weighted by molar-refractivity contribution is 0.122. The lowest BCUT2D eigenvalue weighted by Crippen LogP contribution is -2.45. The van der Waals surface area contributed by atoms with E-state index in [4.69, 9.17) is 4.74 Å². The zero-order valence-corrected chi connectivity index (χ0v) is 15.4. The summed E-state index contributed by atoms with van der Waals surface area (Å²) in [4.78, 5) is 5.12. The highest BCUT2D eigenvalue weighted by Gasteiger charge is 2.18. The minimum atomic E-state index is 0.956. The van der Waals surface area contributed by atoms with Gasteiger partial charge >= 0.3 is 0 Å². The number of piperazine rings is 1. The van der Waals surface area contributed by atoms with Crippen LogP contribution in [0, 0.1) is 0 Å². The molecule has 0 radical (unpaired) electrons. The maximum Gasteiger partial charge on any atom is 0.126 e. The summed E-state index contributed by atoms with van der Waals surface area (Å²) in [6, 6.07) is 23.6. The van der Waals surface area contributed by atoms with E-state index in [0.29, 0.717) is 0 Å². The van der Waals surface area contributed by atoms with Gasteiger partial charge in [-0.05, 0) is 22.6 Å². The molecule has 0 atom stereocenters. The summed E-state index contributed by atoms with van der Waals surface area (Å²) in [5, 5.41) is 2.51. The van der Waals surface area contributed by atoms with Gasteiger partial charge < -0.3 is 4.74 Å². The lowest BCUT2D eigenvalue weighted by atomic mass is 10.0. The molecule has 0 spiro atoms. The Labute approximate surface area is 155 Å².